The van der Waals surface area contributed by atoms with E-state index in [1.807, 2.05) is 30.9 Å². The summed E-state index contributed by atoms with van der Waals surface area (Å²) in [5.41, 5.74) is 4.08. The standard InChI is InChI=1S/C29H27ClN4O/c30-28-9-7-26(8-10-28)29(34-16-13-32-21-34,27-6-3-23-19-35-20-24(23)17-27)25-4-1-22(2-5-25)18-33-14-11-31-12-15-33/h1-10,13,16-17,19-21,31H,11-12,14-15,18H2. The van der Waals surface area contributed by atoms with Crippen LogP contribution in [0.1, 0.15) is 22.3 Å². The number of fused-ring (bicyclic) bond motifs is 1. The highest BCUT2D eigenvalue weighted by atomic mass is 35.5. The summed E-state index contributed by atoms with van der Waals surface area (Å²) in [6, 6.07) is 23.7. The fourth-order valence-electron chi connectivity index (χ4n) is 5.26. The number of rotatable bonds is 6. The van der Waals surface area contributed by atoms with Gasteiger partial charge in [-0.2, -0.15) is 0 Å². The Morgan fingerprint density at radius 2 is 1.54 bits per heavy atom. The van der Waals surface area contributed by atoms with Gasteiger partial charge in [0, 0.05) is 60.9 Å². The zero-order chi connectivity index (χ0) is 23.7. The van der Waals surface area contributed by atoms with Gasteiger partial charge in [0.15, 0.2) is 0 Å². The summed E-state index contributed by atoms with van der Waals surface area (Å²) in [6.45, 7) is 5.22. The SMILES string of the molecule is Clc1ccc(C(c2ccc(CN3CCNCC3)cc2)(c2ccc3cocc3c2)n2ccnc2)cc1. The number of aromatic nitrogens is 2. The van der Waals surface area contributed by atoms with Gasteiger partial charge in [-0.25, -0.2) is 4.98 Å². The minimum atomic E-state index is -0.625. The average Bonchev–Trinajstić information content (AvgIpc) is 3.60. The van der Waals surface area contributed by atoms with Crippen molar-refractivity contribution in [2.75, 3.05) is 26.2 Å². The Bertz CT molecular complexity index is 1400. The van der Waals surface area contributed by atoms with Crippen LogP contribution in [0.15, 0.2) is 102 Å². The molecule has 1 fully saturated rings. The van der Waals surface area contributed by atoms with Crippen molar-refractivity contribution in [3.63, 3.8) is 0 Å². The van der Waals surface area contributed by atoms with E-state index in [1.54, 1.807) is 12.5 Å². The molecule has 35 heavy (non-hydrogen) atoms. The second kappa shape index (κ2) is 9.34. The van der Waals surface area contributed by atoms with Crippen LogP contribution in [0, 0.1) is 0 Å². The van der Waals surface area contributed by atoms with E-state index in [0.717, 1.165) is 60.2 Å². The van der Waals surface area contributed by atoms with Gasteiger partial charge in [0.1, 0.15) is 5.54 Å². The molecule has 1 aliphatic rings. The third kappa shape index (κ3) is 4.06. The van der Waals surface area contributed by atoms with E-state index in [1.165, 1.54) is 5.56 Å². The molecule has 1 atom stereocenters. The smallest absolute Gasteiger partial charge is 0.121 e. The summed E-state index contributed by atoms with van der Waals surface area (Å²) >= 11 is 6.31. The Hall–Kier alpha value is -3.38. The molecule has 0 bridgehead atoms. The van der Waals surface area contributed by atoms with Crippen molar-refractivity contribution >= 4 is 22.4 Å². The summed E-state index contributed by atoms with van der Waals surface area (Å²) in [7, 11) is 0. The lowest BCUT2D eigenvalue weighted by molar-refractivity contribution is 0.233. The van der Waals surface area contributed by atoms with E-state index in [0.29, 0.717) is 5.02 Å². The molecule has 1 N–H and O–H groups in total. The van der Waals surface area contributed by atoms with Crippen LogP contribution in [-0.4, -0.2) is 40.6 Å². The lowest BCUT2D eigenvalue weighted by Gasteiger charge is -2.37. The number of hydrogen-bond acceptors (Lipinski definition) is 4. The van der Waals surface area contributed by atoms with Crippen molar-refractivity contribution in [2.45, 2.75) is 12.1 Å². The van der Waals surface area contributed by atoms with Gasteiger partial charge in [0.2, 0.25) is 0 Å². The molecule has 3 heterocycles. The first-order valence-corrected chi connectivity index (χ1v) is 12.3. The fraction of sp³-hybridized carbons (Fsp3) is 0.207. The molecule has 5 nitrogen and oxygen atoms in total. The minimum Gasteiger partial charge on any atom is -0.471 e. The highest BCUT2D eigenvalue weighted by Crippen LogP contribution is 2.42. The maximum atomic E-state index is 6.31. The average molecular weight is 483 g/mol. The summed E-state index contributed by atoms with van der Waals surface area (Å²) in [4.78, 5) is 6.94. The topological polar surface area (TPSA) is 46.2 Å². The predicted molar refractivity (Wildman–Crippen MR) is 140 cm³/mol. The molecule has 1 aliphatic heterocycles. The van der Waals surface area contributed by atoms with Crippen molar-refractivity contribution in [3.05, 3.63) is 125 Å². The first-order chi connectivity index (χ1) is 17.2. The number of benzene rings is 3. The third-order valence-corrected chi connectivity index (χ3v) is 7.29. The Morgan fingerprint density at radius 3 is 2.26 bits per heavy atom. The summed E-state index contributed by atoms with van der Waals surface area (Å²) < 4.78 is 7.68. The molecule has 0 amide bonds. The molecule has 0 aliphatic carbocycles. The molecule has 1 unspecified atom stereocenters. The van der Waals surface area contributed by atoms with E-state index in [-0.39, 0.29) is 0 Å². The Labute approximate surface area is 210 Å². The summed E-state index contributed by atoms with van der Waals surface area (Å²) in [6.07, 6.45) is 9.34. The number of nitrogens with one attached hydrogen (secondary N) is 1. The van der Waals surface area contributed by atoms with Crippen LogP contribution in [0.2, 0.25) is 5.02 Å². The van der Waals surface area contributed by atoms with E-state index in [9.17, 15) is 0 Å². The van der Waals surface area contributed by atoms with Gasteiger partial charge in [-0.3, -0.25) is 4.90 Å². The van der Waals surface area contributed by atoms with Crippen molar-refractivity contribution in [1.29, 1.82) is 0 Å². The maximum absolute atomic E-state index is 6.31. The molecule has 176 valence electrons. The predicted octanol–water partition coefficient (Wildman–Crippen LogP) is 5.53. The molecule has 0 radical (unpaired) electrons. The molecule has 3 aromatic carbocycles. The van der Waals surface area contributed by atoms with Gasteiger partial charge >= 0.3 is 0 Å². The first-order valence-electron chi connectivity index (χ1n) is 12.0. The van der Waals surface area contributed by atoms with Crippen molar-refractivity contribution in [2.24, 2.45) is 0 Å². The molecule has 1 saturated heterocycles. The number of furan rings is 1. The van der Waals surface area contributed by atoms with Crippen LogP contribution in [0.25, 0.3) is 10.8 Å². The van der Waals surface area contributed by atoms with Crippen LogP contribution in [0.4, 0.5) is 0 Å². The molecule has 6 heteroatoms. The highest BCUT2D eigenvalue weighted by molar-refractivity contribution is 6.30. The molecule has 5 aromatic rings. The second-order valence-corrected chi connectivity index (χ2v) is 9.56. The maximum Gasteiger partial charge on any atom is 0.121 e. The Balaban J connectivity index is 1.52. The molecule has 6 rings (SSSR count). The van der Waals surface area contributed by atoms with Crippen molar-refractivity contribution in [3.8, 4) is 0 Å². The van der Waals surface area contributed by atoms with E-state index in [2.05, 4.69) is 74.4 Å². The van der Waals surface area contributed by atoms with Crippen LogP contribution in [0.3, 0.4) is 0 Å². The van der Waals surface area contributed by atoms with E-state index >= 15 is 0 Å². The lowest BCUT2D eigenvalue weighted by Crippen LogP contribution is -2.42. The van der Waals surface area contributed by atoms with Crippen molar-refractivity contribution in [1.82, 2.24) is 19.8 Å². The molecule has 2 aromatic heterocycles. The monoisotopic (exact) mass is 482 g/mol. The van der Waals surface area contributed by atoms with Gasteiger partial charge in [-0.15, -0.1) is 0 Å². The summed E-state index contributed by atoms with van der Waals surface area (Å²) in [5, 5.41) is 6.29. The van der Waals surface area contributed by atoms with E-state index < -0.39 is 5.54 Å². The normalized spacial score (nSPS) is 16.4. The van der Waals surface area contributed by atoms with Crippen LogP contribution in [-0.2, 0) is 12.1 Å². The van der Waals surface area contributed by atoms with Crippen molar-refractivity contribution < 1.29 is 4.42 Å². The zero-order valence-electron chi connectivity index (χ0n) is 19.4. The van der Waals surface area contributed by atoms with Gasteiger partial charge < -0.3 is 14.3 Å². The Kier molecular flexibility index (Phi) is 5.90. The van der Waals surface area contributed by atoms with Gasteiger partial charge in [-0.1, -0.05) is 60.1 Å². The van der Waals surface area contributed by atoms with E-state index in [4.69, 9.17) is 16.0 Å². The first kappa shape index (κ1) is 22.1. The minimum absolute atomic E-state index is 0.625. The number of piperazine rings is 1. The van der Waals surface area contributed by atoms with Crippen LogP contribution in [0.5, 0.6) is 0 Å². The number of halogens is 1. The zero-order valence-corrected chi connectivity index (χ0v) is 20.2. The largest absolute Gasteiger partial charge is 0.471 e. The fourth-order valence-corrected chi connectivity index (χ4v) is 5.39. The number of hydrogen-bond donors (Lipinski definition) is 1. The van der Waals surface area contributed by atoms with Crippen LogP contribution >= 0.6 is 11.6 Å². The number of nitrogens with zero attached hydrogens (tertiary/aromatic N) is 3. The molecular formula is C29H27ClN4O. The third-order valence-electron chi connectivity index (χ3n) is 7.04. The van der Waals surface area contributed by atoms with Gasteiger partial charge in [0.25, 0.3) is 0 Å². The molecule has 0 spiro atoms. The van der Waals surface area contributed by atoms with Gasteiger partial charge in [-0.05, 0) is 40.5 Å². The second-order valence-electron chi connectivity index (χ2n) is 9.13. The molecular weight excluding hydrogens is 456 g/mol. The van der Waals surface area contributed by atoms with Crippen LogP contribution < -0.4 is 5.32 Å². The molecule has 0 saturated carbocycles. The quantitative estimate of drug-likeness (QED) is 0.323. The summed E-state index contributed by atoms with van der Waals surface area (Å²) in [5.74, 6) is 0. The lowest BCUT2D eigenvalue weighted by atomic mass is 9.76. The highest BCUT2D eigenvalue weighted by Gasteiger charge is 2.38. The van der Waals surface area contributed by atoms with Gasteiger partial charge in [0.05, 0.1) is 18.9 Å². The Morgan fingerprint density at radius 1 is 0.857 bits per heavy atom. The number of imidazole rings is 1.